The van der Waals surface area contributed by atoms with Gasteiger partial charge < -0.3 is 0 Å². The van der Waals surface area contributed by atoms with Gasteiger partial charge in [-0.05, 0) is 39.0 Å². The van der Waals surface area contributed by atoms with E-state index in [-0.39, 0.29) is 0 Å². The minimum absolute atomic E-state index is 0.980. The summed E-state index contributed by atoms with van der Waals surface area (Å²) in [4.78, 5) is 0. The molecule has 0 amide bonds. The molecule has 0 aromatic heterocycles. The average Bonchev–Trinajstić information content (AvgIpc) is 2.15. The number of rotatable bonds is 3. The summed E-state index contributed by atoms with van der Waals surface area (Å²) in [6, 6.07) is 9.92. The summed E-state index contributed by atoms with van der Waals surface area (Å²) in [6.07, 6.45) is 2.04. The Hall–Kier alpha value is -1.57. The number of nitrogens with zero attached hydrogens (tertiary/aromatic N) is 1. The second-order valence-electron chi connectivity index (χ2n) is 3.45. The molecule has 1 N–H and O–H groups in total. The molecular formula is C12H16N2. The van der Waals surface area contributed by atoms with Crippen LogP contribution in [0.3, 0.4) is 0 Å². The zero-order valence-corrected chi connectivity index (χ0v) is 8.91. The molecule has 0 bridgehead atoms. The Bertz CT molecular complexity index is 333. The van der Waals surface area contributed by atoms with Gasteiger partial charge >= 0.3 is 0 Å². The molecule has 0 aliphatic carbocycles. The Morgan fingerprint density at radius 2 is 1.79 bits per heavy atom. The summed E-state index contributed by atoms with van der Waals surface area (Å²) >= 11 is 0. The highest BCUT2D eigenvalue weighted by molar-refractivity contribution is 5.93. The Balaban J connectivity index is 2.60. The summed E-state index contributed by atoms with van der Waals surface area (Å²) in [5, 5.41) is 4.22. The predicted molar refractivity (Wildman–Crippen MR) is 62.6 cm³/mol. The fourth-order valence-electron chi connectivity index (χ4n) is 1.12. The van der Waals surface area contributed by atoms with Crippen molar-refractivity contribution in [3.8, 4) is 0 Å². The lowest BCUT2D eigenvalue weighted by atomic mass is 10.3. The van der Waals surface area contributed by atoms with Crippen LogP contribution in [0.5, 0.6) is 0 Å². The molecule has 1 aromatic rings. The van der Waals surface area contributed by atoms with Crippen LogP contribution in [0.15, 0.2) is 47.1 Å². The molecule has 1 rings (SSSR count). The molecular weight excluding hydrogens is 172 g/mol. The third kappa shape index (κ3) is 3.90. The van der Waals surface area contributed by atoms with Gasteiger partial charge in [0.05, 0.1) is 11.4 Å². The van der Waals surface area contributed by atoms with Crippen molar-refractivity contribution in [2.75, 3.05) is 5.43 Å². The van der Waals surface area contributed by atoms with Crippen LogP contribution < -0.4 is 5.43 Å². The van der Waals surface area contributed by atoms with Gasteiger partial charge in [0.25, 0.3) is 0 Å². The van der Waals surface area contributed by atoms with Gasteiger partial charge in [0.1, 0.15) is 0 Å². The average molecular weight is 188 g/mol. The van der Waals surface area contributed by atoms with Gasteiger partial charge in [0, 0.05) is 0 Å². The summed E-state index contributed by atoms with van der Waals surface area (Å²) < 4.78 is 0. The smallest absolute Gasteiger partial charge is 0.0575 e. The topological polar surface area (TPSA) is 24.4 Å². The van der Waals surface area contributed by atoms with E-state index in [0.29, 0.717) is 0 Å². The summed E-state index contributed by atoms with van der Waals surface area (Å²) in [5.41, 5.74) is 6.23. The molecule has 0 heterocycles. The van der Waals surface area contributed by atoms with E-state index >= 15 is 0 Å². The van der Waals surface area contributed by atoms with Crippen LogP contribution in [0.1, 0.15) is 20.8 Å². The molecule has 0 fully saturated rings. The van der Waals surface area contributed by atoms with Crippen LogP contribution in [0.2, 0.25) is 0 Å². The van der Waals surface area contributed by atoms with Crippen molar-refractivity contribution in [2.24, 2.45) is 5.10 Å². The van der Waals surface area contributed by atoms with E-state index in [0.717, 1.165) is 11.4 Å². The molecule has 1 aromatic carbocycles. The molecule has 14 heavy (non-hydrogen) atoms. The van der Waals surface area contributed by atoms with Gasteiger partial charge in [0.15, 0.2) is 0 Å². The molecule has 0 radical (unpaired) electrons. The number of para-hydroxylation sites is 1. The van der Waals surface area contributed by atoms with Gasteiger partial charge in [-0.15, -0.1) is 0 Å². The molecule has 0 unspecified atom stereocenters. The summed E-state index contributed by atoms with van der Waals surface area (Å²) in [6.45, 7) is 6.09. The Morgan fingerprint density at radius 1 is 1.14 bits per heavy atom. The van der Waals surface area contributed by atoms with E-state index in [9.17, 15) is 0 Å². The molecule has 0 aliphatic rings. The summed E-state index contributed by atoms with van der Waals surface area (Å²) in [5.74, 6) is 0. The first-order chi connectivity index (χ1) is 6.68. The molecule has 2 nitrogen and oxygen atoms in total. The van der Waals surface area contributed by atoms with Crippen molar-refractivity contribution in [1.29, 1.82) is 0 Å². The first kappa shape index (κ1) is 10.5. The Labute approximate surface area is 85.3 Å². The van der Waals surface area contributed by atoms with Crippen molar-refractivity contribution in [1.82, 2.24) is 0 Å². The van der Waals surface area contributed by atoms with E-state index in [4.69, 9.17) is 0 Å². The minimum Gasteiger partial charge on any atom is -0.278 e. The van der Waals surface area contributed by atoms with E-state index in [1.165, 1.54) is 5.57 Å². The second kappa shape index (κ2) is 5.22. The molecule has 0 aliphatic heterocycles. The van der Waals surface area contributed by atoms with Crippen LogP contribution in [-0.2, 0) is 0 Å². The van der Waals surface area contributed by atoms with Crippen LogP contribution in [0.4, 0.5) is 5.69 Å². The van der Waals surface area contributed by atoms with Crippen LogP contribution in [0.25, 0.3) is 0 Å². The molecule has 74 valence electrons. The number of hydrogen-bond acceptors (Lipinski definition) is 2. The van der Waals surface area contributed by atoms with Crippen molar-refractivity contribution < 1.29 is 0 Å². The van der Waals surface area contributed by atoms with Gasteiger partial charge in [-0.25, -0.2) is 0 Å². The Morgan fingerprint density at radius 3 is 2.36 bits per heavy atom. The van der Waals surface area contributed by atoms with Gasteiger partial charge in [-0.3, -0.25) is 5.43 Å². The standard InChI is InChI=1S/C12H16N2/c1-10(2)9-11(3)13-14-12-7-5-4-6-8-12/h4-9,14H,1-3H3/b13-11+. The Kier molecular flexibility index (Phi) is 3.92. The molecule has 0 atom stereocenters. The van der Waals surface area contributed by atoms with Gasteiger partial charge in [-0.2, -0.15) is 5.10 Å². The van der Waals surface area contributed by atoms with Gasteiger partial charge in [-0.1, -0.05) is 23.8 Å². The van der Waals surface area contributed by atoms with E-state index in [1.807, 2.05) is 43.3 Å². The highest BCUT2D eigenvalue weighted by Crippen LogP contribution is 2.04. The number of anilines is 1. The quantitative estimate of drug-likeness (QED) is 0.570. The predicted octanol–water partition coefficient (Wildman–Crippen LogP) is 3.44. The maximum absolute atomic E-state index is 4.22. The fraction of sp³-hybridized carbons (Fsp3) is 0.250. The van der Waals surface area contributed by atoms with Crippen molar-refractivity contribution in [3.63, 3.8) is 0 Å². The van der Waals surface area contributed by atoms with Crippen molar-refractivity contribution in [2.45, 2.75) is 20.8 Å². The normalized spacial score (nSPS) is 10.9. The lowest BCUT2D eigenvalue weighted by molar-refractivity contribution is 1.32. The highest BCUT2D eigenvalue weighted by Gasteiger charge is 1.87. The number of hydrazone groups is 1. The number of hydrogen-bond donors (Lipinski definition) is 1. The first-order valence-electron chi connectivity index (χ1n) is 4.69. The first-order valence-corrected chi connectivity index (χ1v) is 4.69. The third-order valence-corrected chi connectivity index (χ3v) is 1.63. The number of allylic oxidation sites excluding steroid dienone is 2. The monoisotopic (exact) mass is 188 g/mol. The number of benzene rings is 1. The zero-order chi connectivity index (χ0) is 10.4. The highest BCUT2D eigenvalue weighted by atomic mass is 15.3. The van der Waals surface area contributed by atoms with Crippen molar-refractivity contribution in [3.05, 3.63) is 42.0 Å². The van der Waals surface area contributed by atoms with Gasteiger partial charge in [0.2, 0.25) is 0 Å². The van der Waals surface area contributed by atoms with E-state index in [2.05, 4.69) is 24.4 Å². The number of nitrogens with one attached hydrogen (secondary N) is 1. The minimum atomic E-state index is 0.980. The van der Waals surface area contributed by atoms with Crippen LogP contribution >= 0.6 is 0 Å². The second-order valence-corrected chi connectivity index (χ2v) is 3.45. The molecule has 0 saturated heterocycles. The fourth-order valence-corrected chi connectivity index (χ4v) is 1.12. The maximum atomic E-state index is 4.22. The van der Waals surface area contributed by atoms with Crippen LogP contribution in [-0.4, -0.2) is 5.71 Å². The van der Waals surface area contributed by atoms with Crippen molar-refractivity contribution >= 4 is 11.4 Å². The molecule has 0 spiro atoms. The maximum Gasteiger partial charge on any atom is 0.0575 e. The largest absolute Gasteiger partial charge is 0.278 e. The molecule has 2 heteroatoms. The zero-order valence-electron chi connectivity index (χ0n) is 8.91. The van der Waals surface area contributed by atoms with Crippen LogP contribution in [0, 0.1) is 0 Å². The van der Waals surface area contributed by atoms with E-state index in [1.54, 1.807) is 0 Å². The third-order valence-electron chi connectivity index (χ3n) is 1.63. The summed E-state index contributed by atoms with van der Waals surface area (Å²) in [7, 11) is 0. The molecule has 0 saturated carbocycles. The lowest BCUT2D eigenvalue weighted by Gasteiger charge is -2.00. The SMILES string of the molecule is CC(C)=C/C(C)=N/Nc1ccccc1. The van der Waals surface area contributed by atoms with E-state index < -0.39 is 0 Å². The lowest BCUT2D eigenvalue weighted by Crippen LogP contribution is -1.94.